The van der Waals surface area contributed by atoms with E-state index < -0.39 is 11.5 Å². The number of fused-ring (bicyclic) bond motifs is 3. The molecule has 1 heterocycles. The van der Waals surface area contributed by atoms with Crippen molar-refractivity contribution in [2.24, 2.45) is 11.8 Å². The first-order chi connectivity index (χ1) is 20.7. The van der Waals surface area contributed by atoms with Crippen molar-refractivity contribution < 1.29 is 19.7 Å². The van der Waals surface area contributed by atoms with Crippen LogP contribution in [0.2, 0.25) is 5.02 Å². The average molecular weight is 603 g/mol. The van der Waals surface area contributed by atoms with Gasteiger partial charge in [-0.1, -0.05) is 49.7 Å². The number of hydrogen-bond acceptors (Lipinski definition) is 5. The fourth-order valence-electron chi connectivity index (χ4n) is 8.24. The zero-order valence-electron chi connectivity index (χ0n) is 25.2. The first-order valence-corrected chi connectivity index (χ1v) is 16.2. The number of aryl methyl sites for hydroxylation is 1. The number of rotatable bonds is 9. The molecule has 1 fully saturated rings. The molecule has 0 saturated heterocycles. The van der Waals surface area contributed by atoms with Crippen molar-refractivity contribution in [3.05, 3.63) is 87.7 Å². The van der Waals surface area contributed by atoms with Gasteiger partial charge < -0.3 is 20.3 Å². The number of carbonyl (C=O) groups is 1. The van der Waals surface area contributed by atoms with Crippen molar-refractivity contribution in [1.82, 2.24) is 4.98 Å². The van der Waals surface area contributed by atoms with E-state index >= 15 is 0 Å². The second-order valence-electron chi connectivity index (χ2n) is 13.3. The number of carboxylic acid groups (broad SMARTS) is 1. The Kier molecular flexibility index (Phi) is 8.45. The predicted molar refractivity (Wildman–Crippen MR) is 170 cm³/mol. The number of ether oxygens (including phenoxy) is 1. The van der Waals surface area contributed by atoms with Gasteiger partial charge in [0, 0.05) is 28.2 Å². The quantitative estimate of drug-likeness (QED) is 0.232. The third-order valence-corrected chi connectivity index (χ3v) is 10.8. The predicted octanol–water partition coefficient (Wildman–Crippen LogP) is 7.69. The molecule has 1 unspecified atom stereocenters. The monoisotopic (exact) mass is 602 g/mol. The zero-order chi connectivity index (χ0) is 30.2. The van der Waals surface area contributed by atoms with Crippen LogP contribution in [0.15, 0.2) is 54.7 Å². The van der Waals surface area contributed by atoms with E-state index in [9.17, 15) is 15.0 Å². The van der Waals surface area contributed by atoms with E-state index in [0.717, 1.165) is 49.1 Å². The lowest BCUT2D eigenvalue weighted by Crippen LogP contribution is -2.53. The third-order valence-electron chi connectivity index (χ3n) is 10.5. The van der Waals surface area contributed by atoms with Gasteiger partial charge in [0.15, 0.2) is 0 Å². The van der Waals surface area contributed by atoms with Gasteiger partial charge in [-0.15, -0.1) is 0 Å². The van der Waals surface area contributed by atoms with E-state index in [0.29, 0.717) is 42.2 Å². The number of nitrogens with one attached hydrogen (secondary N) is 1. The van der Waals surface area contributed by atoms with Gasteiger partial charge in [-0.3, -0.25) is 4.98 Å². The van der Waals surface area contributed by atoms with Crippen molar-refractivity contribution >= 4 is 23.3 Å². The molecule has 1 spiro atoms. The minimum atomic E-state index is -1.05. The number of halogens is 1. The number of aromatic nitrogens is 1. The Bertz CT molecular complexity index is 1480. The van der Waals surface area contributed by atoms with Crippen molar-refractivity contribution in [3.63, 3.8) is 0 Å². The van der Waals surface area contributed by atoms with Crippen LogP contribution in [0, 0.1) is 11.8 Å². The summed E-state index contributed by atoms with van der Waals surface area (Å²) in [6.45, 7) is 5.20. The summed E-state index contributed by atoms with van der Waals surface area (Å²) in [7, 11) is 0. The molecule has 6 rings (SSSR count). The van der Waals surface area contributed by atoms with Crippen molar-refractivity contribution in [2.75, 3.05) is 11.9 Å². The lowest BCUT2D eigenvalue weighted by atomic mass is 9.59. The van der Waals surface area contributed by atoms with Crippen LogP contribution < -0.4 is 10.1 Å². The molecule has 3 atom stereocenters. The number of anilines is 1. The number of aliphatic hydroxyl groups is 1. The number of aliphatic hydroxyl groups excluding tert-OH is 1. The zero-order valence-corrected chi connectivity index (χ0v) is 26.0. The normalized spacial score (nSPS) is 26.9. The maximum atomic E-state index is 12.8. The molecule has 3 aliphatic rings. The SMILES string of the molecule is C[C@@H](COc1ccnc2c1[C@H](C)CCC2)CC1Cc2ccc(CO)cc2C12CCC(Nc1cccc(Cl)c1)(C(=O)O)CC2. The number of nitrogens with zero attached hydrogens (tertiary/aromatic N) is 1. The van der Waals surface area contributed by atoms with Gasteiger partial charge in [-0.2, -0.15) is 0 Å². The van der Waals surface area contributed by atoms with Crippen molar-refractivity contribution in [3.8, 4) is 5.75 Å². The van der Waals surface area contributed by atoms with Crippen molar-refractivity contribution in [1.29, 1.82) is 0 Å². The first kappa shape index (κ1) is 30.0. The molecule has 43 heavy (non-hydrogen) atoms. The van der Waals surface area contributed by atoms with Gasteiger partial charge in [0.2, 0.25) is 0 Å². The highest BCUT2D eigenvalue weighted by molar-refractivity contribution is 6.30. The number of hydrogen-bond donors (Lipinski definition) is 3. The molecule has 1 saturated carbocycles. The van der Waals surface area contributed by atoms with E-state index in [1.54, 1.807) is 12.1 Å². The number of pyridine rings is 1. The lowest BCUT2D eigenvalue weighted by Gasteiger charge is -2.47. The summed E-state index contributed by atoms with van der Waals surface area (Å²) in [6.07, 6.45) is 9.78. The minimum Gasteiger partial charge on any atom is -0.493 e. The van der Waals surface area contributed by atoms with Crippen LogP contribution >= 0.6 is 11.6 Å². The topological polar surface area (TPSA) is 91.7 Å². The van der Waals surface area contributed by atoms with Gasteiger partial charge >= 0.3 is 5.97 Å². The first-order valence-electron chi connectivity index (χ1n) is 15.8. The van der Waals surface area contributed by atoms with Gasteiger partial charge in [0.05, 0.1) is 13.2 Å². The second kappa shape index (κ2) is 12.1. The molecule has 0 aliphatic heterocycles. The Hall–Kier alpha value is -3.09. The summed E-state index contributed by atoms with van der Waals surface area (Å²) in [4.78, 5) is 17.4. The van der Waals surface area contributed by atoms with Gasteiger partial charge in [-0.25, -0.2) is 4.79 Å². The Morgan fingerprint density at radius 3 is 2.72 bits per heavy atom. The molecule has 2 aromatic carbocycles. The third kappa shape index (κ3) is 5.76. The lowest BCUT2D eigenvalue weighted by molar-refractivity contribution is -0.144. The van der Waals surface area contributed by atoms with Gasteiger partial charge in [0.25, 0.3) is 0 Å². The molecule has 0 bridgehead atoms. The number of benzene rings is 2. The summed E-state index contributed by atoms with van der Waals surface area (Å²) >= 11 is 6.22. The molecule has 7 heteroatoms. The van der Waals surface area contributed by atoms with E-state index in [-0.39, 0.29) is 12.0 Å². The maximum absolute atomic E-state index is 12.8. The highest BCUT2D eigenvalue weighted by Crippen LogP contribution is 2.56. The van der Waals surface area contributed by atoms with E-state index in [2.05, 4.69) is 36.3 Å². The van der Waals surface area contributed by atoms with E-state index in [4.69, 9.17) is 16.3 Å². The van der Waals surface area contributed by atoms with Crippen LogP contribution in [-0.4, -0.2) is 33.3 Å². The smallest absolute Gasteiger partial charge is 0.329 e. The van der Waals surface area contributed by atoms with Crippen LogP contribution in [0.5, 0.6) is 5.75 Å². The largest absolute Gasteiger partial charge is 0.493 e. The Labute approximate surface area is 259 Å². The minimum absolute atomic E-state index is 0.00231. The highest BCUT2D eigenvalue weighted by atomic mass is 35.5. The summed E-state index contributed by atoms with van der Waals surface area (Å²) in [5, 5.41) is 24.4. The highest BCUT2D eigenvalue weighted by Gasteiger charge is 2.54. The molecule has 0 radical (unpaired) electrons. The molecule has 6 nitrogen and oxygen atoms in total. The van der Waals surface area contributed by atoms with Crippen molar-refractivity contribution in [2.45, 2.75) is 95.1 Å². The fraction of sp³-hybridized carbons (Fsp3) is 0.500. The maximum Gasteiger partial charge on any atom is 0.329 e. The number of carboxylic acids is 1. The average Bonchev–Trinajstić information content (AvgIpc) is 3.28. The molecule has 3 aromatic rings. The van der Waals surface area contributed by atoms with Gasteiger partial charge in [0.1, 0.15) is 11.3 Å². The van der Waals surface area contributed by atoms with Crippen LogP contribution in [0.3, 0.4) is 0 Å². The Morgan fingerprint density at radius 1 is 1.16 bits per heavy atom. The number of aliphatic carboxylic acids is 1. The van der Waals surface area contributed by atoms with E-state index in [1.807, 2.05) is 30.5 Å². The summed E-state index contributed by atoms with van der Waals surface area (Å²) in [5.74, 6) is 1.33. The molecule has 1 aromatic heterocycles. The van der Waals surface area contributed by atoms with Crippen LogP contribution in [-0.2, 0) is 29.7 Å². The summed E-state index contributed by atoms with van der Waals surface area (Å²) in [6, 6.07) is 15.7. The summed E-state index contributed by atoms with van der Waals surface area (Å²) < 4.78 is 6.51. The molecular weight excluding hydrogens is 560 g/mol. The Morgan fingerprint density at radius 2 is 1.98 bits per heavy atom. The van der Waals surface area contributed by atoms with Crippen LogP contribution in [0.4, 0.5) is 5.69 Å². The molecule has 0 amide bonds. The van der Waals surface area contributed by atoms with Crippen LogP contribution in [0.25, 0.3) is 0 Å². The molecule has 3 aliphatic carbocycles. The fourth-order valence-corrected chi connectivity index (χ4v) is 8.43. The standard InChI is InChI=1S/C36H43ClN2O4/c1-23(22-43-32-11-16-38-31-8-3-5-24(2)33(31)32)17-27-19-26-10-9-25(21-40)18-30(26)35(27)12-14-36(15-13-35,34(41)42)39-29-7-4-6-28(37)20-29/h4,6-7,9-11,16,18,20,23-24,27,39-40H,3,5,8,12-15,17,19,21-22H2,1-2H3,(H,41,42)/t23-,24-,27?,35?,36?/m1/s1. The Balaban J connectivity index is 1.22. The van der Waals surface area contributed by atoms with Crippen LogP contribution in [0.1, 0.15) is 92.7 Å². The van der Waals surface area contributed by atoms with Gasteiger partial charge in [-0.05, 0) is 122 Å². The second-order valence-corrected chi connectivity index (χ2v) is 13.8. The summed E-state index contributed by atoms with van der Waals surface area (Å²) in [5.41, 5.74) is 5.57. The molecular formula is C36H43ClN2O4. The molecule has 228 valence electrons. The molecule has 3 N–H and O–H groups in total. The van der Waals surface area contributed by atoms with E-state index in [1.165, 1.54) is 35.2 Å².